The van der Waals surface area contributed by atoms with Crippen molar-refractivity contribution in [2.75, 3.05) is 19.8 Å². The summed E-state index contributed by atoms with van der Waals surface area (Å²) in [4.78, 5) is 0. The Morgan fingerprint density at radius 1 is 0.625 bits per heavy atom. The molecule has 0 spiro atoms. The van der Waals surface area contributed by atoms with E-state index in [-0.39, 0.29) is 6.61 Å². The van der Waals surface area contributed by atoms with Crippen molar-refractivity contribution in [1.82, 2.24) is 0 Å². The van der Waals surface area contributed by atoms with E-state index in [9.17, 15) is 0 Å². The summed E-state index contributed by atoms with van der Waals surface area (Å²) in [6, 6.07) is 31.3. The number of rotatable bonds is 7. The molecule has 0 aliphatic rings. The monoisotopic (exact) mass is 318 g/mol. The highest BCUT2D eigenvalue weighted by Crippen LogP contribution is 2.39. The lowest BCUT2D eigenvalue weighted by Crippen LogP contribution is -2.35. The topological polar surface area (TPSA) is 29.5 Å². The molecule has 0 heterocycles. The number of ether oxygens (including phenoxy) is 1. The lowest BCUT2D eigenvalue weighted by molar-refractivity contribution is 0.0735. The van der Waals surface area contributed by atoms with Crippen LogP contribution in [0.25, 0.3) is 0 Å². The van der Waals surface area contributed by atoms with Gasteiger partial charge in [-0.05, 0) is 16.7 Å². The van der Waals surface area contributed by atoms with Crippen molar-refractivity contribution >= 4 is 0 Å². The van der Waals surface area contributed by atoms with Gasteiger partial charge in [0.05, 0.1) is 25.2 Å². The van der Waals surface area contributed by atoms with Crippen molar-refractivity contribution in [3.8, 4) is 0 Å². The molecular weight excluding hydrogens is 296 g/mol. The van der Waals surface area contributed by atoms with Gasteiger partial charge < -0.3 is 9.84 Å². The lowest BCUT2D eigenvalue weighted by Gasteiger charge is -2.35. The van der Waals surface area contributed by atoms with Gasteiger partial charge in [-0.25, -0.2) is 0 Å². The highest BCUT2D eigenvalue weighted by molar-refractivity contribution is 5.50. The minimum Gasteiger partial charge on any atom is -0.394 e. The van der Waals surface area contributed by atoms with E-state index in [0.717, 1.165) is 0 Å². The van der Waals surface area contributed by atoms with Crippen molar-refractivity contribution in [3.05, 3.63) is 108 Å². The number of benzene rings is 3. The molecule has 0 fully saturated rings. The summed E-state index contributed by atoms with van der Waals surface area (Å²) in [7, 11) is 0. The van der Waals surface area contributed by atoms with Crippen LogP contribution in [-0.4, -0.2) is 24.9 Å². The van der Waals surface area contributed by atoms with Gasteiger partial charge in [-0.3, -0.25) is 0 Å². The first-order chi connectivity index (χ1) is 11.9. The lowest BCUT2D eigenvalue weighted by atomic mass is 9.70. The van der Waals surface area contributed by atoms with Crippen LogP contribution in [0.5, 0.6) is 0 Å². The van der Waals surface area contributed by atoms with E-state index in [4.69, 9.17) is 9.84 Å². The van der Waals surface area contributed by atoms with Gasteiger partial charge in [0.25, 0.3) is 0 Å². The first kappa shape index (κ1) is 16.4. The second-order valence-electron chi connectivity index (χ2n) is 5.78. The minimum absolute atomic E-state index is 0.0223. The summed E-state index contributed by atoms with van der Waals surface area (Å²) >= 11 is 0. The normalized spacial score (nSPS) is 11.4. The summed E-state index contributed by atoms with van der Waals surface area (Å²) in [6.07, 6.45) is 0. The van der Waals surface area contributed by atoms with Crippen LogP contribution in [0, 0.1) is 0 Å². The van der Waals surface area contributed by atoms with Gasteiger partial charge in [0.1, 0.15) is 0 Å². The number of hydrogen-bond acceptors (Lipinski definition) is 2. The van der Waals surface area contributed by atoms with Crippen LogP contribution in [0.4, 0.5) is 0 Å². The first-order valence-corrected chi connectivity index (χ1v) is 8.23. The van der Waals surface area contributed by atoms with Crippen molar-refractivity contribution in [1.29, 1.82) is 0 Å². The molecule has 2 heteroatoms. The molecule has 24 heavy (non-hydrogen) atoms. The summed E-state index contributed by atoms with van der Waals surface area (Å²) in [6.45, 7) is 0.828. The molecule has 2 nitrogen and oxygen atoms in total. The van der Waals surface area contributed by atoms with E-state index < -0.39 is 5.41 Å². The van der Waals surface area contributed by atoms with Crippen molar-refractivity contribution in [3.63, 3.8) is 0 Å². The largest absolute Gasteiger partial charge is 0.394 e. The van der Waals surface area contributed by atoms with E-state index in [0.29, 0.717) is 13.2 Å². The quantitative estimate of drug-likeness (QED) is 0.526. The molecule has 0 saturated heterocycles. The van der Waals surface area contributed by atoms with Gasteiger partial charge in [0.2, 0.25) is 0 Å². The second kappa shape index (κ2) is 7.91. The Morgan fingerprint density at radius 2 is 1.00 bits per heavy atom. The standard InChI is InChI=1S/C22H22O2/c23-16-17-24-18-22(19-10-4-1-5-11-19,20-12-6-2-7-13-20)21-14-8-3-9-15-21/h1-15,23H,16-18H2. The molecule has 0 aromatic heterocycles. The fourth-order valence-corrected chi connectivity index (χ4v) is 3.21. The predicted molar refractivity (Wildman–Crippen MR) is 97.1 cm³/mol. The van der Waals surface area contributed by atoms with Gasteiger partial charge in [-0.2, -0.15) is 0 Å². The van der Waals surface area contributed by atoms with Crippen LogP contribution in [-0.2, 0) is 10.2 Å². The highest BCUT2D eigenvalue weighted by atomic mass is 16.5. The molecule has 122 valence electrons. The van der Waals surface area contributed by atoms with Crippen LogP contribution in [0.3, 0.4) is 0 Å². The molecule has 0 aliphatic heterocycles. The van der Waals surface area contributed by atoms with Gasteiger partial charge >= 0.3 is 0 Å². The van der Waals surface area contributed by atoms with Gasteiger partial charge in [0.15, 0.2) is 0 Å². The molecule has 0 unspecified atom stereocenters. The molecule has 1 N–H and O–H groups in total. The average Bonchev–Trinajstić information content (AvgIpc) is 2.68. The first-order valence-electron chi connectivity index (χ1n) is 8.23. The summed E-state index contributed by atoms with van der Waals surface area (Å²) in [5.74, 6) is 0. The van der Waals surface area contributed by atoms with Crippen LogP contribution in [0.2, 0.25) is 0 Å². The molecule has 3 aromatic rings. The Morgan fingerprint density at radius 3 is 1.33 bits per heavy atom. The maximum Gasteiger partial charge on any atom is 0.0698 e. The van der Waals surface area contributed by atoms with Gasteiger partial charge in [0, 0.05) is 0 Å². The number of aliphatic hydroxyl groups is 1. The van der Waals surface area contributed by atoms with Crippen molar-refractivity contribution in [2.45, 2.75) is 5.41 Å². The molecule has 0 radical (unpaired) electrons. The Bertz CT molecular complexity index is 627. The zero-order chi connectivity index (χ0) is 16.7. The SMILES string of the molecule is OCCOCC(c1ccccc1)(c1ccccc1)c1ccccc1. The van der Waals surface area contributed by atoms with Gasteiger partial charge in [-0.1, -0.05) is 91.0 Å². The minimum atomic E-state index is -0.404. The Balaban J connectivity index is 2.20. The predicted octanol–water partition coefficient (Wildman–Crippen LogP) is 4.03. The molecule has 0 bridgehead atoms. The van der Waals surface area contributed by atoms with Crippen molar-refractivity contribution < 1.29 is 9.84 Å². The zero-order valence-electron chi connectivity index (χ0n) is 13.6. The van der Waals surface area contributed by atoms with E-state index in [1.807, 2.05) is 18.2 Å². The maximum atomic E-state index is 9.15. The summed E-state index contributed by atoms with van der Waals surface area (Å²) < 4.78 is 5.86. The molecular formula is C22H22O2. The molecule has 3 rings (SSSR count). The smallest absolute Gasteiger partial charge is 0.0698 e. The van der Waals surface area contributed by atoms with E-state index in [2.05, 4.69) is 72.8 Å². The third kappa shape index (κ3) is 3.25. The van der Waals surface area contributed by atoms with E-state index >= 15 is 0 Å². The van der Waals surface area contributed by atoms with Crippen LogP contribution >= 0.6 is 0 Å². The summed E-state index contributed by atoms with van der Waals surface area (Å²) in [5, 5.41) is 9.15. The Kier molecular flexibility index (Phi) is 5.42. The number of hydrogen-bond donors (Lipinski definition) is 1. The van der Waals surface area contributed by atoms with Crippen LogP contribution in [0.1, 0.15) is 16.7 Å². The highest BCUT2D eigenvalue weighted by Gasteiger charge is 2.36. The van der Waals surface area contributed by atoms with Crippen molar-refractivity contribution in [2.24, 2.45) is 0 Å². The van der Waals surface area contributed by atoms with Crippen LogP contribution in [0.15, 0.2) is 91.0 Å². The Labute approximate surface area is 143 Å². The average molecular weight is 318 g/mol. The molecule has 0 atom stereocenters. The third-order valence-electron chi connectivity index (χ3n) is 4.35. The van der Waals surface area contributed by atoms with E-state index in [1.54, 1.807) is 0 Å². The Hall–Kier alpha value is -2.42. The fourth-order valence-electron chi connectivity index (χ4n) is 3.21. The zero-order valence-corrected chi connectivity index (χ0v) is 13.6. The third-order valence-corrected chi connectivity index (χ3v) is 4.35. The molecule has 3 aromatic carbocycles. The maximum absolute atomic E-state index is 9.15. The van der Waals surface area contributed by atoms with E-state index in [1.165, 1.54) is 16.7 Å². The molecule has 0 aliphatic carbocycles. The van der Waals surface area contributed by atoms with Gasteiger partial charge in [-0.15, -0.1) is 0 Å². The second-order valence-corrected chi connectivity index (χ2v) is 5.78. The van der Waals surface area contributed by atoms with Crippen LogP contribution < -0.4 is 0 Å². The summed E-state index contributed by atoms with van der Waals surface area (Å²) in [5.41, 5.74) is 3.14. The molecule has 0 saturated carbocycles. The number of aliphatic hydroxyl groups excluding tert-OH is 1. The fraction of sp³-hybridized carbons (Fsp3) is 0.182. The molecule has 0 amide bonds.